The van der Waals surface area contributed by atoms with Gasteiger partial charge in [0.25, 0.3) is 0 Å². The third kappa shape index (κ3) is 3.79. The summed E-state index contributed by atoms with van der Waals surface area (Å²) in [5.74, 6) is -0.719. The van der Waals surface area contributed by atoms with Gasteiger partial charge in [-0.1, -0.05) is 32.4 Å². The van der Waals surface area contributed by atoms with Gasteiger partial charge in [-0.2, -0.15) is 0 Å². The monoisotopic (exact) mass is 264 g/mol. The minimum atomic E-state index is -0.601. The number of carbonyl (C=O) groups excluding carboxylic acids is 2. The molecule has 2 unspecified atom stereocenters. The van der Waals surface area contributed by atoms with Gasteiger partial charge < -0.3 is 15.8 Å². The number of ether oxygens (including phenoxy) is 1. The molecule has 1 aromatic rings. The minimum absolute atomic E-state index is 0.0743. The van der Waals surface area contributed by atoms with Crippen LogP contribution >= 0.6 is 0 Å². The van der Waals surface area contributed by atoms with Crippen LogP contribution in [0.2, 0.25) is 0 Å². The van der Waals surface area contributed by atoms with Crippen LogP contribution in [0.1, 0.15) is 30.6 Å². The maximum atomic E-state index is 12.0. The molecule has 1 aromatic carbocycles. The summed E-state index contributed by atoms with van der Waals surface area (Å²) in [6, 6.07) is 6.08. The van der Waals surface area contributed by atoms with Gasteiger partial charge in [0.1, 0.15) is 0 Å². The van der Waals surface area contributed by atoms with E-state index in [1.54, 1.807) is 24.3 Å². The molecule has 0 heterocycles. The smallest absolute Gasteiger partial charge is 0.339 e. The van der Waals surface area contributed by atoms with Crippen molar-refractivity contribution < 1.29 is 14.3 Å². The van der Waals surface area contributed by atoms with Gasteiger partial charge in [0.05, 0.1) is 24.4 Å². The number of rotatable bonds is 5. The van der Waals surface area contributed by atoms with Crippen LogP contribution < -0.4 is 11.1 Å². The molecule has 0 bridgehead atoms. The van der Waals surface area contributed by atoms with E-state index in [1.807, 2.05) is 13.8 Å². The molecule has 0 aromatic heterocycles. The standard InChI is InChI=1S/C14H20N2O3/c1-4-9(2)12(15)13(17)16-11-8-6-5-7-10(11)14(18)19-3/h5-9,12H,4,15H2,1-3H3,(H,16,17). The Morgan fingerprint density at radius 3 is 2.58 bits per heavy atom. The van der Waals surface area contributed by atoms with Crippen molar-refractivity contribution in [1.82, 2.24) is 0 Å². The van der Waals surface area contributed by atoms with Crippen LogP contribution in [0.25, 0.3) is 0 Å². The van der Waals surface area contributed by atoms with Gasteiger partial charge in [0, 0.05) is 0 Å². The molecule has 3 N–H and O–H groups in total. The number of anilines is 1. The summed E-state index contributed by atoms with van der Waals surface area (Å²) in [5.41, 5.74) is 6.58. The summed E-state index contributed by atoms with van der Waals surface area (Å²) in [6.07, 6.45) is 0.813. The van der Waals surface area contributed by atoms with Gasteiger partial charge in [-0.05, 0) is 18.1 Å². The second kappa shape index (κ2) is 6.89. The van der Waals surface area contributed by atoms with E-state index >= 15 is 0 Å². The van der Waals surface area contributed by atoms with Crippen molar-refractivity contribution in [2.45, 2.75) is 26.3 Å². The van der Waals surface area contributed by atoms with Crippen molar-refractivity contribution in [2.75, 3.05) is 12.4 Å². The molecule has 0 saturated carbocycles. The molecule has 0 saturated heterocycles. The Bertz CT molecular complexity index is 460. The first-order chi connectivity index (χ1) is 9.01. The van der Waals surface area contributed by atoms with E-state index in [9.17, 15) is 9.59 Å². The molecular formula is C14H20N2O3. The second-order valence-corrected chi connectivity index (χ2v) is 4.44. The average molecular weight is 264 g/mol. The Morgan fingerprint density at radius 2 is 2.00 bits per heavy atom. The fourth-order valence-corrected chi connectivity index (χ4v) is 1.61. The van der Waals surface area contributed by atoms with Crippen molar-refractivity contribution in [1.29, 1.82) is 0 Å². The predicted molar refractivity (Wildman–Crippen MR) is 73.8 cm³/mol. The fraction of sp³-hybridized carbons (Fsp3) is 0.429. The highest BCUT2D eigenvalue weighted by Gasteiger charge is 2.21. The third-order valence-electron chi connectivity index (χ3n) is 3.15. The number of nitrogens with one attached hydrogen (secondary N) is 1. The van der Waals surface area contributed by atoms with E-state index in [2.05, 4.69) is 10.1 Å². The van der Waals surface area contributed by atoms with Crippen molar-refractivity contribution in [3.05, 3.63) is 29.8 Å². The number of hydrogen-bond donors (Lipinski definition) is 2. The Hall–Kier alpha value is -1.88. The Kier molecular flexibility index (Phi) is 5.51. The number of hydrogen-bond acceptors (Lipinski definition) is 4. The van der Waals surface area contributed by atoms with Gasteiger partial charge in [-0.15, -0.1) is 0 Å². The van der Waals surface area contributed by atoms with Crippen LogP contribution in [-0.4, -0.2) is 25.0 Å². The van der Waals surface area contributed by atoms with Crippen LogP contribution in [0.3, 0.4) is 0 Å². The summed E-state index contributed by atoms with van der Waals surface area (Å²) in [6.45, 7) is 3.89. The minimum Gasteiger partial charge on any atom is -0.465 e. The zero-order chi connectivity index (χ0) is 14.4. The number of amides is 1. The van der Waals surface area contributed by atoms with E-state index in [0.717, 1.165) is 6.42 Å². The molecule has 0 fully saturated rings. The number of benzene rings is 1. The maximum Gasteiger partial charge on any atom is 0.339 e. The highest BCUT2D eigenvalue weighted by Crippen LogP contribution is 2.17. The second-order valence-electron chi connectivity index (χ2n) is 4.44. The highest BCUT2D eigenvalue weighted by molar-refractivity contribution is 6.02. The zero-order valence-corrected chi connectivity index (χ0v) is 11.5. The summed E-state index contributed by atoms with van der Waals surface area (Å²) in [7, 11) is 1.30. The summed E-state index contributed by atoms with van der Waals surface area (Å²) in [5, 5.41) is 2.68. The van der Waals surface area contributed by atoms with Crippen LogP contribution in [0, 0.1) is 5.92 Å². The van der Waals surface area contributed by atoms with Crippen molar-refractivity contribution >= 4 is 17.6 Å². The van der Waals surface area contributed by atoms with E-state index in [0.29, 0.717) is 11.3 Å². The molecule has 2 atom stereocenters. The summed E-state index contributed by atoms with van der Waals surface area (Å²) < 4.78 is 4.67. The number of nitrogens with two attached hydrogens (primary N) is 1. The molecule has 0 radical (unpaired) electrons. The van der Waals surface area contributed by atoms with Crippen molar-refractivity contribution in [3.63, 3.8) is 0 Å². The first kappa shape index (κ1) is 15.2. The lowest BCUT2D eigenvalue weighted by Crippen LogP contribution is -2.40. The quantitative estimate of drug-likeness (QED) is 0.794. The number of para-hydroxylation sites is 1. The molecule has 0 aliphatic carbocycles. The van der Waals surface area contributed by atoms with Crippen molar-refractivity contribution in [3.8, 4) is 0 Å². The molecule has 19 heavy (non-hydrogen) atoms. The molecule has 104 valence electrons. The van der Waals surface area contributed by atoms with Gasteiger partial charge in [0.15, 0.2) is 0 Å². The SMILES string of the molecule is CCC(C)C(N)C(=O)Nc1ccccc1C(=O)OC. The lowest BCUT2D eigenvalue weighted by Gasteiger charge is -2.18. The van der Waals surface area contributed by atoms with E-state index in [-0.39, 0.29) is 11.8 Å². The van der Waals surface area contributed by atoms with Gasteiger partial charge in [-0.3, -0.25) is 4.79 Å². The van der Waals surface area contributed by atoms with Gasteiger partial charge in [0.2, 0.25) is 5.91 Å². The van der Waals surface area contributed by atoms with Crippen molar-refractivity contribution in [2.24, 2.45) is 11.7 Å². The first-order valence-electron chi connectivity index (χ1n) is 6.25. The summed E-state index contributed by atoms with van der Waals surface area (Å²) >= 11 is 0. The molecule has 5 heteroatoms. The molecule has 5 nitrogen and oxygen atoms in total. The molecule has 0 aliphatic rings. The highest BCUT2D eigenvalue weighted by atomic mass is 16.5. The predicted octanol–water partition coefficient (Wildman–Crippen LogP) is 1.79. The third-order valence-corrected chi connectivity index (χ3v) is 3.15. The lowest BCUT2D eigenvalue weighted by molar-refractivity contribution is -0.118. The largest absolute Gasteiger partial charge is 0.465 e. The van der Waals surface area contributed by atoms with E-state index < -0.39 is 12.0 Å². The van der Waals surface area contributed by atoms with Crippen LogP contribution in [-0.2, 0) is 9.53 Å². The number of esters is 1. The molecular weight excluding hydrogens is 244 g/mol. The first-order valence-corrected chi connectivity index (χ1v) is 6.25. The summed E-state index contributed by atoms with van der Waals surface area (Å²) in [4.78, 5) is 23.6. The maximum absolute atomic E-state index is 12.0. The zero-order valence-electron chi connectivity index (χ0n) is 11.5. The Balaban J connectivity index is 2.88. The Labute approximate surface area is 113 Å². The molecule has 0 aliphatic heterocycles. The Morgan fingerprint density at radius 1 is 1.37 bits per heavy atom. The fourth-order valence-electron chi connectivity index (χ4n) is 1.61. The number of methoxy groups -OCH3 is 1. The lowest BCUT2D eigenvalue weighted by atomic mass is 9.99. The molecule has 0 spiro atoms. The van der Waals surface area contributed by atoms with E-state index in [1.165, 1.54) is 7.11 Å². The number of carbonyl (C=O) groups is 2. The van der Waals surface area contributed by atoms with Crippen LogP contribution in [0.4, 0.5) is 5.69 Å². The van der Waals surface area contributed by atoms with Gasteiger partial charge in [-0.25, -0.2) is 4.79 Å². The van der Waals surface area contributed by atoms with Crippen LogP contribution in [0.15, 0.2) is 24.3 Å². The van der Waals surface area contributed by atoms with Gasteiger partial charge >= 0.3 is 5.97 Å². The normalized spacial score (nSPS) is 13.5. The van der Waals surface area contributed by atoms with E-state index in [4.69, 9.17) is 5.73 Å². The molecule has 1 rings (SSSR count). The average Bonchev–Trinajstić information content (AvgIpc) is 2.45. The topological polar surface area (TPSA) is 81.4 Å². The molecule has 1 amide bonds. The van der Waals surface area contributed by atoms with Crippen LogP contribution in [0.5, 0.6) is 0 Å².